The van der Waals surface area contributed by atoms with Gasteiger partial charge in [0.2, 0.25) is 10.0 Å². The monoisotopic (exact) mass is 478 g/mol. The summed E-state index contributed by atoms with van der Waals surface area (Å²) in [5.41, 5.74) is 2.41. The fourth-order valence-corrected chi connectivity index (χ4v) is 5.67. The Hall–Kier alpha value is -2.39. The highest BCUT2D eigenvalue weighted by Crippen LogP contribution is 2.28. The fraction of sp³-hybridized carbons (Fsp3) is 0.238. The van der Waals surface area contributed by atoms with Crippen molar-refractivity contribution in [2.75, 3.05) is 26.2 Å². The predicted octanol–water partition coefficient (Wildman–Crippen LogP) is 3.63. The van der Waals surface area contributed by atoms with Crippen LogP contribution in [-0.2, 0) is 10.0 Å². The average Bonchev–Trinajstić information content (AvgIpc) is 3.21. The van der Waals surface area contributed by atoms with E-state index in [9.17, 15) is 13.2 Å². The van der Waals surface area contributed by atoms with E-state index in [1.54, 1.807) is 34.0 Å². The standard InChI is InChI=1S/C21H20Cl2N4O3S/c1-15-8-9-24-27(15)18-5-2-16(3-6-18)21(28)25-10-12-26(13-11-25)31(29,30)20-14-17(22)4-7-19(20)23/h2-9,14H,10-13H2,1H3. The van der Waals surface area contributed by atoms with E-state index in [4.69, 9.17) is 23.2 Å². The Bertz CT molecular complexity index is 1220. The van der Waals surface area contributed by atoms with Crippen molar-refractivity contribution in [1.82, 2.24) is 19.0 Å². The second-order valence-corrected chi connectivity index (χ2v) is 9.95. The van der Waals surface area contributed by atoms with Gasteiger partial charge in [-0.25, -0.2) is 13.1 Å². The van der Waals surface area contributed by atoms with E-state index in [2.05, 4.69) is 5.10 Å². The number of benzene rings is 2. The molecule has 1 amide bonds. The maximum Gasteiger partial charge on any atom is 0.253 e. The second kappa shape index (κ2) is 8.63. The van der Waals surface area contributed by atoms with Crippen LogP contribution in [0.25, 0.3) is 5.69 Å². The number of aryl methyl sites for hydroxylation is 1. The molecule has 0 unspecified atom stereocenters. The van der Waals surface area contributed by atoms with Crippen molar-refractivity contribution in [2.45, 2.75) is 11.8 Å². The first-order chi connectivity index (χ1) is 14.8. The maximum atomic E-state index is 13.0. The topological polar surface area (TPSA) is 75.5 Å². The van der Waals surface area contributed by atoms with Crippen LogP contribution in [0, 0.1) is 6.92 Å². The number of aromatic nitrogens is 2. The summed E-state index contributed by atoms with van der Waals surface area (Å²) >= 11 is 12.0. The zero-order valence-electron chi connectivity index (χ0n) is 16.7. The Balaban J connectivity index is 1.44. The van der Waals surface area contributed by atoms with Gasteiger partial charge in [-0.15, -0.1) is 0 Å². The van der Waals surface area contributed by atoms with Gasteiger partial charge < -0.3 is 4.90 Å². The van der Waals surface area contributed by atoms with Crippen LogP contribution in [0.1, 0.15) is 16.1 Å². The summed E-state index contributed by atoms with van der Waals surface area (Å²) in [6.45, 7) is 2.89. The van der Waals surface area contributed by atoms with E-state index >= 15 is 0 Å². The van der Waals surface area contributed by atoms with Crippen molar-refractivity contribution >= 4 is 39.1 Å². The molecule has 1 fully saturated rings. The number of hydrogen-bond donors (Lipinski definition) is 0. The summed E-state index contributed by atoms with van der Waals surface area (Å²) < 4.78 is 29.0. The van der Waals surface area contributed by atoms with Gasteiger partial charge in [-0.05, 0) is 55.5 Å². The number of halogens is 2. The molecule has 1 aliphatic rings. The van der Waals surface area contributed by atoms with Crippen LogP contribution in [0.4, 0.5) is 0 Å². The summed E-state index contributed by atoms with van der Waals surface area (Å²) in [5.74, 6) is -0.137. The minimum absolute atomic E-state index is 0.0223. The molecule has 7 nitrogen and oxygen atoms in total. The molecule has 2 heterocycles. The van der Waals surface area contributed by atoms with Gasteiger partial charge in [0.25, 0.3) is 5.91 Å². The van der Waals surface area contributed by atoms with Crippen molar-refractivity contribution in [2.24, 2.45) is 0 Å². The number of carbonyl (C=O) groups excluding carboxylic acids is 1. The SMILES string of the molecule is Cc1ccnn1-c1ccc(C(=O)N2CCN(S(=O)(=O)c3cc(Cl)ccc3Cl)CC2)cc1. The lowest BCUT2D eigenvalue weighted by atomic mass is 10.1. The van der Waals surface area contributed by atoms with Crippen LogP contribution < -0.4 is 0 Å². The number of sulfonamides is 1. The smallest absolute Gasteiger partial charge is 0.253 e. The quantitative estimate of drug-likeness (QED) is 0.573. The van der Waals surface area contributed by atoms with E-state index in [-0.39, 0.29) is 42.0 Å². The Kier molecular flexibility index (Phi) is 6.07. The molecule has 0 spiro atoms. The van der Waals surface area contributed by atoms with Gasteiger partial charge in [-0.1, -0.05) is 23.2 Å². The molecule has 0 aliphatic carbocycles. The molecule has 0 saturated carbocycles. The Labute approximate surface area is 190 Å². The summed E-state index contributed by atoms with van der Waals surface area (Å²) in [4.78, 5) is 14.5. The van der Waals surface area contributed by atoms with E-state index in [1.807, 2.05) is 25.1 Å². The first-order valence-electron chi connectivity index (χ1n) is 9.63. The number of hydrogen-bond acceptors (Lipinski definition) is 4. The number of nitrogens with zero attached hydrogens (tertiary/aromatic N) is 4. The molecule has 3 aromatic rings. The molecule has 0 bridgehead atoms. The van der Waals surface area contributed by atoms with Crippen molar-refractivity contribution in [3.05, 3.63) is 76.0 Å². The van der Waals surface area contributed by atoms with Gasteiger partial charge >= 0.3 is 0 Å². The molecule has 1 aromatic heterocycles. The third-order valence-electron chi connectivity index (χ3n) is 5.23. The maximum absolute atomic E-state index is 13.0. The first kappa shape index (κ1) is 21.8. The van der Waals surface area contributed by atoms with Gasteiger partial charge in [0.1, 0.15) is 4.90 Å². The van der Waals surface area contributed by atoms with E-state index in [1.165, 1.54) is 16.4 Å². The van der Waals surface area contributed by atoms with Crippen molar-refractivity contribution in [3.63, 3.8) is 0 Å². The summed E-state index contributed by atoms with van der Waals surface area (Å²) in [5, 5.41) is 4.68. The molecular weight excluding hydrogens is 459 g/mol. The number of amides is 1. The van der Waals surface area contributed by atoms with Gasteiger partial charge in [0.05, 0.1) is 10.7 Å². The van der Waals surface area contributed by atoms with Gasteiger partial charge in [-0.2, -0.15) is 9.40 Å². The number of piperazine rings is 1. The van der Waals surface area contributed by atoms with E-state index in [0.717, 1.165) is 11.4 Å². The van der Waals surface area contributed by atoms with E-state index in [0.29, 0.717) is 10.6 Å². The largest absolute Gasteiger partial charge is 0.336 e. The summed E-state index contributed by atoms with van der Waals surface area (Å²) in [6, 6.07) is 13.5. The molecule has 4 rings (SSSR count). The first-order valence-corrected chi connectivity index (χ1v) is 11.8. The highest BCUT2D eigenvalue weighted by atomic mass is 35.5. The number of rotatable bonds is 4. The lowest BCUT2D eigenvalue weighted by Gasteiger charge is -2.34. The Morgan fingerprint density at radius 2 is 1.65 bits per heavy atom. The zero-order valence-corrected chi connectivity index (χ0v) is 19.0. The molecule has 0 N–H and O–H groups in total. The van der Waals surface area contributed by atoms with Gasteiger partial charge in [0, 0.05) is 48.7 Å². The highest BCUT2D eigenvalue weighted by molar-refractivity contribution is 7.89. The van der Waals surface area contributed by atoms with Crippen LogP contribution in [0.3, 0.4) is 0 Å². The zero-order chi connectivity index (χ0) is 22.2. The molecule has 2 aromatic carbocycles. The van der Waals surface area contributed by atoms with Gasteiger partial charge in [0.15, 0.2) is 0 Å². The molecule has 31 heavy (non-hydrogen) atoms. The minimum atomic E-state index is -3.79. The van der Waals surface area contributed by atoms with Gasteiger partial charge in [-0.3, -0.25) is 4.79 Å². The summed E-state index contributed by atoms with van der Waals surface area (Å²) in [6.07, 6.45) is 1.72. The minimum Gasteiger partial charge on any atom is -0.336 e. The molecule has 0 atom stereocenters. The van der Waals surface area contributed by atoms with Crippen molar-refractivity contribution in [1.29, 1.82) is 0 Å². The van der Waals surface area contributed by atoms with Crippen LogP contribution in [0.5, 0.6) is 0 Å². The molecule has 1 aliphatic heterocycles. The van der Waals surface area contributed by atoms with Crippen LogP contribution in [0.15, 0.2) is 59.6 Å². The van der Waals surface area contributed by atoms with Crippen molar-refractivity contribution in [3.8, 4) is 5.69 Å². The van der Waals surface area contributed by atoms with Crippen LogP contribution in [0.2, 0.25) is 10.0 Å². The van der Waals surface area contributed by atoms with Crippen LogP contribution >= 0.6 is 23.2 Å². The molecule has 10 heteroatoms. The Morgan fingerprint density at radius 3 is 2.26 bits per heavy atom. The molecular formula is C21H20Cl2N4O3S. The third kappa shape index (κ3) is 4.34. The fourth-order valence-electron chi connectivity index (χ4n) is 3.51. The normalized spacial score (nSPS) is 15.3. The lowest BCUT2D eigenvalue weighted by molar-refractivity contribution is 0.0698. The molecule has 0 radical (unpaired) electrons. The molecule has 162 valence electrons. The van der Waals surface area contributed by atoms with Crippen molar-refractivity contribution < 1.29 is 13.2 Å². The average molecular weight is 479 g/mol. The third-order valence-corrected chi connectivity index (χ3v) is 7.84. The second-order valence-electron chi connectivity index (χ2n) is 7.20. The lowest BCUT2D eigenvalue weighted by Crippen LogP contribution is -2.50. The predicted molar refractivity (Wildman–Crippen MR) is 119 cm³/mol. The molecule has 1 saturated heterocycles. The summed E-state index contributed by atoms with van der Waals surface area (Å²) in [7, 11) is -3.79. The Morgan fingerprint density at radius 1 is 0.968 bits per heavy atom. The van der Waals surface area contributed by atoms with E-state index < -0.39 is 10.0 Å². The number of carbonyl (C=O) groups is 1. The van der Waals surface area contributed by atoms with Crippen LogP contribution in [-0.4, -0.2) is 59.5 Å². The highest BCUT2D eigenvalue weighted by Gasteiger charge is 2.32.